The highest BCUT2D eigenvalue weighted by Crippen LogP contribution is 2.44. The lowest BCUT2D eigenvalue weighted by molar-refractivity contribution is -0.116. The van der Waals surface area contributed by atoms with Crippen LogP contribution in [-0.2, 0) is 33.6 Å². The first kappa shape index (κ1) is 32.3. The first-order valence-electron chi connectivity index (χ1n) is 15.8. The number of hydrogen-bond donors (Lipinski definition) is 2. The third kappa shape index (κ3) is 8.02. The summed E-state index contributed by atoms with van der Waals surface area (Å²) in [6.45, 7) is 2.05. The lowest BCUT2D eigenvalue weighted by atomic mass is 9.83. The lowest BCUT2D eigenvalue weighted by Crippen LogP contribution is -2.21. The predicted octanol–water partition coefficient (Wildman–Crippen LogP) is 8.85. The second kappa shape index (κ2) is 15.3. The van der Waals surface area contributed by atoms with Crippen molar-refractivity contribution in [2.75, 3.05) is 17.2 Å². The number of ether oxygens (including phenoxy) is 1. The zero-order valence-corrected chi connectivity index (χ0v) is 27.7. The van der Waals surface area contributed by atoms with E-state index in [2.05, 4.69) is 34.9 Å². The molecule has 2 N–H and O–H groups in total. The summed E-state index contributed by atoms with van der Waals surface area (Å²) in [7, 11) is 0. The van der Waals surface area contributed by atoms with Gasteiger partial charge >= 0.3 is 5.97 Å². The molecule has 0 aliphatic heterocycles. The third-order valence-electron chi connectivity index (χ3n) is 8.17. The van der Waals surface area contributed by atoms with E-state index in [0.717, 1.165) is 45.7 Å². The normalized spacial score (nSPS) is 14.4. The number of benzene rings is 4. The van der Waals surface area contributed by atoms with Gasteiger partial charge in [-0.15, -0.1) is 23.1 Å². The molecule has 8 heteroatoms. The number of carbonyl (C=O) groups excluding carboxylic acids is 3. The molecular weight excluding hydrogens is 625 g/mol. The van der Waals surface area contributed by atoms with Gasteiger partial charge in [0.25, 0.3) is 0 Å². The Hall–Kier alpha value is -4.66. The van der Waals surface area contributed by atoms with Crippen molar-refractivity contribution in [1.29, 1.82) is 0 Å². The fourth-order valence-corrected chi connectivity index (χ4v) is 8.35. The molecule has 0 bridgehead atoms. The molecule has 238 valence electrons. The van der Waals surface area contributed by atoms with Gasteiger partial charge in [0, 0.05) is 15.5 Å². The number of amides is 2. The number of carbonyl (C=O) groups is 3. The fourth-order valence-electron chi connectivity index (χ4n) is 5.95. The molecule has 1 aromatic heterocycles. The Kier molecular flexibility index (Phi) is 10.5. The summed E-state index contributed by atoms with van der Waals surface area (Å²) < 4.78 is 5.49. The highest BCUT2D eigenvalue weighted by molar-refractivity contribution is 8.00. The number of anilines is 2. The van der Waals surface area contributed by atoms with Gasteiger partial charge in [0.1, 0.15) is 10.3 Å². The van der Waals surface area contributed by atoms with Crippen molar-refractivity contribution >= 4 is 51.6 Å². The number of thioether (sulfide) groups is 1. The van der Waals surface area contributed by atoms with Gasteiger partial charge in [0.2, 0.25) is 11.8 Å². The monoisotopic (exact) mass is 660 g/mol. The standard InChI is InChI=1S/C39H36N2O4S2/c1-2-45-39(44)35-32-22-21-29(27-15-8-4-9-16-27)24-33(32)47-38(35)41-37(43)36(28-17-10-5-11-18-28)46-31-20-12-19-30(25-31)40-34(42)23-26-13-6-3-7-14-26/h3-20,25,29,36H,2,21-24H2,1H3,(H,40,42)(H,41,43). The van der Waals surface area contributed by atoms with Crippen LogP contribution in [0.3, 0.4) is 0 Å². The minimum absolute atomic E-state index is 0.113. The van der Waals surface area contributed by atoms with Crippen LogP contribution < -0.4 is 10.6 Å². The largest absolute Gasteiger partial charge is 0.462 e. The maximum atomic E-state index is 14.2. The van der Waals surface area contributed by atoms with Gasteiger partial charge in [0.05, 0.1) is 18.6 Å². The Balaban J connectivity index is 1.24. The van der Waals surface area contributed by atoms with Crippen LogP contribution in [0.25, 0.3) is 0 Å². The van der Waals surface area contributed by atoms with Crippen LogP contribution in [0, 0.1) is 0 Å². The van der Waals surface area contributed by atoms with Gasteiger partial charge in [-0.3, -0.25) is 9.59 Å². The number of rotatable bonds is 11. The maximum Gasteiger partial charge on any atom is 0.341 e. The van der Waals surface area contributed by atoms with E-state index >= 15 is 0 Å². The fraction of sp³-hybridized carbons (Fsp3) is 0.205. The number of thiophene rings is 1. The van der Waals surface area contributed by atoms with Crippen molar-refractivity contribution in [3.63, 3.8) is 0 Å². The Morgan fingerprint density at radius 2 is 1.57 bits per heavy atom. The molecule has 47 heavy (non-hydrogen) atoms. The smallest absolute Gasteiger partial charge is 0.341 e. The first-order chi connectivity index (χ1) is 23.0. The van der Waals surface area contributed by atoms with Crippen LogP contribution in [0.5, 0.6) is 0 Å². The van der Waals surface area contributed by atoms with Crippen LogP contribution in [0.1, 0.15) is 62.0 Å². The molecule has 1 heterocycles. The third-order valence-corrected chi connectivity index (χ3v) is 10.6. The molecule has 6 rings (SSSR count). The summed E-state index contributed by atoms with van der Waals surface area (Å²) in [6, 6.07) is 37.2. The van der Waals surface area contributed by atoms with Crippen LogP contribution in [-0.4, -0.2) is 24.4 Å². The van der Waals surface area contributed by atoms with Gasteiger partial charge < -0.3 is 15.4 Å². The quantitative estimate of drug-likeness (QED) is 0.109. The van der Waals surface area contributed by atoms with Gasteiger partial charge in [-0.05, 0) is 72.6 Å². The second-order valence-corrected chi connectivity index (χ2v) is 13.7. The summed E-state index contributed by atoms with van der Waals surface area (Å²) >= 11 is 2.88. The Morgan fingerprint density at radius 3 is 2.30 bits per heavy atom. The molecule has 2 atom stereocenters. The molecule has 1 aliphatic rings. The van der Waals surface area contributed by atoms with E-state index in [1.165, 1.54) is 28.7 Å². The average Bonchev–Trinajstić information content (AvgIpc) is 3.45. The molecule has 2 amide bonds. The molecule has 1 aliphatic carbocycles. The van der Waals surface area contributed by atoms with Gasteiger partial charge in [0.15, 0.2) is 0 Å². The van der Waals surface area contributed by atoms with Crippen molar-refractivity contribution in [2.45, 2.75) is 48.7 Å². The molecule has 0 fully saturated rings. The summed E-state index contributed by atoms with van der Waals surface area (Å²) in [4.78, 5) is 42.2. The first-order valence-corrected chi connectivity index (χ1v) is 17.5. The highest BCUT2D eigenvalue weighted by Gasteiger charge is 2.32. The summed E-state index contributed by atoms with van der Waals surface area (Å²) in [5, 5.41) is 6.05. The van der Waals surface area contributed by atoms with E-state index in [1.807, 2.05) is 91.0 Å². The number of esters is 1. The van der Waals surface area contributed by atoms with Crippen molar-refractivity contribution in [2.24, 2.45) is 0 Å². The van der Waals surface area contributed by atoms with Crippen molar-refractivity contribution in [3.8, 4) is 0 Å². The maximum absolute atomic E-state index is 14.2. The van der Waals surface area contributed by atoms with E-state index in [0.29, 0.717) is 22.2 Å². The molecule has 5 aromatic rings. The predicted molar refractivity (Wildman–Crippen MR) is 190 cm³/mol. The zero-order chi connectivity index (χ0) is 32.6. The molecule has 4 aromatic carbocycles. The van der Waals surface area contributed by atoms with Crippen molar-refractivity contribution < 1.29 is 19.1 Å². The summed E-state index contributed by atoms with van der Waals surface area (Å²) in [6.07, 6.45) is 2.75. The Morgan fingerprint density at radius 1 is 0.872 bits per heavy atom. The Labute approximate surface area is 283 Å². The minimum Gasteiger partial charge on any atom is -0.462 e. The van der Waals surface area contributed by atoms with E-state index in [4.69, 9.17) is 4.74 Å². The molecule has 0 saturated carbocycles. The molecular formula is C39H36N2O4S2. The van der Waals surface area contributed by atoms with E-state index < -0.39 is 11.2 Å². The summed E-state index contributed by atoms with van der Waals surface area (Å²) in [5.41, 5.74) is 5.17. The van der Waals surface area contributed by atoms with E-state index in [1.54, 1.807) is 6.92 Å². The highest BCUT2D eigenvalue weighted by atomic mass is 32.2. The zero-order valence-electron chi connectivity index (χ0n) is 26.1. The number of nitrogens with one attached hydrogen (secondary N) is 2. The molecule has 0 radical (unpaired) electrons. The second-order valence-electron chi connectivity index (χ2n) is 11.4. The van der Waals surface area contributed by atoms with Crippen LogP contribution in [0.4, 0.5) is 10.7 Å². The topological polar surface area (TPSA) is 84.5 Å². The van der Waals surface area contributed by atoms with Gasteiger partial charge in [-0.1, -0.05) is 97.1 Å². The van der Waals surface area contributed by atoms with Crippen LogP contribution in [0.15, 0.2) is 120 Å². The molecule has 0 saturated heterocycles. The van der Waals surface area contributed by atoms with E-state index in [9.17, 15) is 14.4 Å². The van der Waals surface area contributed by atoms with Crippen molar-refractivity contribution in [1.82, 2.24) is 0 Å². The number of fused-ring (bicyclic) bond motifs is 1. The minimum atomic E-state index is -0.613. The summed E-state index contributed by atoms with van der Waals surface area (Å²) in [5.74, 6) is -0.391. The van der Waals surface area contributed by atoms with Gasteiger partial charge in [-0.25, -0.2) is 4.79 Å². The molecule has 2 unspecified atom stereocenters. The van der Waals surface area contributed by atoms with Crippen LogP contribution in [0.2, 0.25) is 0 Å². The SMILES string of the molecule is CCOC(=O)c1c(NC(=O)C(Sc2cccc(NC(=O)Cc3ccccc3)c2)c2ccccc2)sc2c1CCC(c1ccccc1)C2. The average molecular weight is 661 g/mol. The van der Waals surface area contributed by atoms with E-state index in [-0.39, 0.29) is 24.8 Å². The molecule has 0 spiro atoms. The number of hydrogen-bond acceptors (Lipinski definition) is 6. The van der Waals surface area contributed by atoms with Gasteiger partial charge in [-0.2, -0.15) is 0 Å². The van der Waals surface area contributed by atoms with Crippen LogP contribution >= 0.6 is 23.1 Å². The van der Waals surface area contributed by atoms with Crippen molar-refractivity contribution in [3.05, 3.63) is 148 Å². The Bertz CT molecular complexity index is 1840. The lowest BCUT2D eigenvalue weighted by Gasteiger charge is -2.23. The molecule has 6 nitrogen and oxygen atoms in total.